The van der Waals surface area contributed by atoms with Crippen LogP contribution in [0.5, 0.6) is 0 Å². The van der Waals surface area contributed by atoms with E-state index < -0.39 is 0 Å². The van der Waals surface area contributed by atoms with Gasteiger partial charge in [0.1, 0.15) is 5.69 Å². The molecule has 2 heterocycles. The molecule has 0 saturated carbocycles. The fourth-order valence-electron chi connectivity index (χ4n) is 3.83. The van der Waals surface area contributed by atoms with Crippen molar-refractivity contribution < 1.29 is 0 Å². The van der Waals surface area contributed by atoms with E-state index in [0.29, 0.717) is 23.7 Å². The number of aryl methyl sites for hydroxylation is 1. The van der Waals surface area contributed by atoms with E-state index in [4.69, 9.17) is 10.7 Å². The van der Waals surface area contributed by atoms with Crippen LogP contribution in [0, 0.1) is 22.7 Å². The van der Waals surface area contributed by atoms with Crippen molar-refractivity contribution in [3.8, 4) is 6.07 Å². The molecule has 0 spiro atoms. The monoisotopic (exact) mass is 501 g/mol. The normalized spacial score (nSPS) is 11.9. The van der Waals surface area contributed by atoms with Gasteiger partial charge in [0.15, 0.2) is 0 Å². The predicted octanol–water partition coefficient (Wildman–Crippen LogP) is 5.07. The van der Waals surface area contributed by atoms with E-state index in [1.54, 1.807) is 16.9 Å². The number of nitrogens with one attached hydrogen (secondary N) is 4. The molecule has 8 heteroatoms. The Balaban J connectivity index is 0.00000235. The second-order valence-electron chi connectivity index (χ2n) is 8.84. The van der Waals surface area contributed by atoms with Gasteiger partial charge in [0.25, 0.3) is 5.56 Å². The number of hydrogen-bond acceptors (Lipinski definition) is 6. The van der Waals surface area contributed by atoms with Crippen molar-refractivity contribution >= 4 is 17.5 Å². The molecule has 0 bridgehead atoms. The average Bonchev–Trinajstić information content (AvgIpc) is 3.35. The van der Waals surface area contributed by atoms with Crippen LogP contribution < -0.4 is 16.2 Å². The third-order valence-corrected chi connectivity index (χ3v) is 5.63. The lowest BCUT2D eigenvalue weighted by Gasteiger charge is -2.18. The second-order valence-corrected chi connectivity index (χ2v) is 8.84. The standard InChI is InChI=1S/C27H33N7O.C2H6/c1-19(2)14-22(17-29)23-15-26(27(35)32-18-23)31-12-9-24(25-10-13-34(3)33-25)30-11-8-20-4-6-21(16-28)7-5-20;1-2/h4-7,10,13-15,17-19,24,29-31H,8-9,11-12H2,1-3H3,(H,32,35);1-2H3/b22-14+,29-17?;. The minimum Gasteiger partial charge on any atom is -0.381 e. The van der Waals surface area contributed by atoms with Crippen molar-refractivity contribution in [2.45, 2.75) is 46.6 Å². The molecule has 1 unspecified atom stereocenters. The highest BCUT2D eigenvalue weighted by Gasteiger charge is 2.14. The Hall–Kier alpha value is -3.96. The van der Waals surface area contributed by atoms with Gasteiger partial charge in [0, 0.05) is 37.8 Å². The van der Waals surface area contributed by atoms with Crippen LogP contribution in [-0.2, 0) is 13.5 Å². The molecule has 196 valence electrons. The summed E-state index contributed by atoms with van der Waals surface area (Å²) in [6.45, 7) is 9.44. The smallest absolute Gasteiger partial charge is 0.271 e. The number of aromatic nitrogens is 3. The van der Waals surface area contributed by atoms with Gasteiger partial charge in [-0.05, 0) is 60.7 Å². The SMILES string of the molecule is CC.CC(C)/C=C(\C=N)c1c[nH]c(=O)c(NCCC(NCCc2ccc(C#N)cc2)c2ccn(C)n2)c1. The number of nitrogens with zero attached hydrogens (tertiary/aromatic N) is 3. The zero-order valence-corrected chi connectivity index (χ0v) is 22.5. The lowest BCUT2D eigenvalue weighted by Crippen LogP contribution is -2.27. The van der Waals surface area contributed by atoms with E-state index in [1.165, 1.54) is 6.21 Å². The molecule has 8 nitrogen and oxygen atoms in total. The lowest BCUT2D eigenvalue weighted by molar-refractivity contribution is 0.496. The average molecular weight is 502 g/mol. The van der Waals surface area contributed by atoms with Crippen LogP contribution in [0.15, 0.2) is 59.7 Å². The van der Waals surface area contributed by atoms with E-state index in [-0.39, 0.29) is 11.6 Å². The van der Waals surface area contributed by atoms with Gasteiger partial charge in [-0.1, -0.05) is 45.9 Å². The fraction of sp³-hybridized carbons (Fsp3) is 0.379. The molecular weight excluding hydrogens is 462 g/mol. The van der Waals surface area contributed by atoms with Gasteiger partial charge in [-0.2, -0.15) is 10.4 Å². The first-order valence-electron chi connectivity index (χ1n) is 12.8. The minimum absolute atomic E-state index is 0.0160. The molecule has 0 aliphatic heterocycles. The molecule has 2 aromatic heterocycles. The van der Waals surface area contributed by atoms with Gasteiger partial charge in [-0.25, -0.2) is 0 Å². The Morgan fingerprint density at radius 2 is 1.95 bits per heavy atom. The van der Waals surface area contributed by atoms with E-state index >= 15 is 0 Å². The van der Waals surface area contributed by atoms with E-state index in [2.05, 4.69) is 40.6 Å². The van der Waals surface area contributed by atoms with Gasteiger partial charge in [0.05, 0.1) is 23.4 Å². The van der Waals surface area contributed by atoms with Gasteiger partial charge in [-0.3, -0.25) is 9.48 Å². The number of benzene rings is 1. The second kappa shape index (κ2) is 15.2. The van der Waals surface area contributed by atoms with Crippen LogP contribution in [0.25, 0.3) is 5.57 Å². The molecule has 1 aromatic carbocycles. The van der Waals surface area contributed by atoms with Crippen molar-refractivity contribution in [2.24, 2.45) is 13.0 Å². The van der Waals surface area contributed by atoms with Crippen molar-refractivity contribution in [1.82, 2.24) is 20.1 Å². The lowest BCUT2D eigenvalue weighted by atomic mass is 10.0. The van der Waals surface area contributed by atoms with Crippen molar-refractivity contribution in [2.75, 3.05) is 18.4 Å². The first kappa shape index (κ1) is 29.3. The summed E-state index contributed by atoms with van der Waals surface area (Å²) in [4.78, 5) is 15.2. The molecule has 3 aromatic rings. The summed E-state index contributed by atoms with van der Waals surface area (Å²) in [6, 6.07) is 13.6. The zero-order chi connectivity index (χ0) is 27.2. The molecular formula is C29H39N7O. The molecule has 1 atom stereocenters. The number of hydrogen-bond donors (Lipinski definition) is 4. The highest BCUT2D eigenvalue weighted by atomic mass is 16.1. The third-order valence-electron chi connectivity index (χ3n) is 5.63. The predicted molar refractivity (Wildman–Crippen MR) is 152 cm³/mol. The molecule has 0 fully saturated rings. The molecule has 0 aliphatic rings. The summed E-state index contributed by atoms with van der Waals surface area (Å²) >= 11 is 0. The van der Waals surface area contributed by atoms with Crippen LogP contribution in [0.4, 0.5) is 5.69 Å². The van der Waals surface area contributed by atoms with E-state index in [9.17, 15) is 4.79 Å². The minimum atomic E-state index is -0.189. The fourth-order valence-corrected chi connectivity index (χ4v) is 3.83. The highest BCUT2D eigenvalue weighted by molar-refractivity contribution is 6.08. The summed E-state index contributed by atoms with van der Waals surface area (Å²) in [5, 5.41) is 28.1. The van der Waals surface area contributed by atoms with Gasteiger partial charge in [-0.15, -0.1) is 0 Å². The maximum absolute atomic E-state index is 12.4. The van der Waals surface area contributed by atoms with Crippen LogP contribution in [0.1, 0.15) is 62.5 Å². The third kappa shape index (κ3) is 9.21. The summed E-state index contributed by atoms with van der Waals surface area (Å²) in [7, 11) is 1.90. The number of H-pyrrole nitrogens is 1. The van der Waals surface area contributed by atoms with E-state index in [0.717, 1.165) is 41.8 Å². The Kier molecular flexibility index (Phi) is 12.0. The summed E-state index contributed by atoms with van der Waals surface area (Å²) in [5.41, 5.74) is 4.64. The molecule has 0 amide bonds. The van der Waals surface area contributed by atoms with Crippen molar-refractivity contribution in [3.05, 3.63) is 87.6 Å². The Morgan fingerprint density at radius 3 is 2.54 bits per heavy atom. The zero-order valence-electron chi connectivity index (χ0n) is 22.5. The molecule has 0 aliphatic carbocycles. The van der Waals surface area contributed by atoms with Crippen LogP contribution >= 0.6 is 0 Å². The van der Waals surface area contributed by atoms with Crippen molar-refractivity contribution in [3.63, 3.8) is 0 Å². The highest BCUT2D eigenvalue weighted by Crippen LogP contribution is 2.18. The maximum Gasteiger partial charge on any atom is 0.271 e. The van der Waals surface area contributed by atoms with Crippen LogP contribution in [-0.4, -0.2) is 34.1 Å². The maximum atomic E-state index is 12.4. The van der Waals surface area contributed by atoms with Crippen molar-refractivity contribution in [1.29, 1.82) is 10.7 Å². The first-order valence-corrected chi connectivity index (χ1v) is 12.8. The van der Waals surface area contributed by atoms with Gasteiger partial charge >= 0.3 is 0 Å². The number of pyridine rings is 1. The quantitative estimate of drug-likeness (QED) is 0.258. The number of anilines is 1. The Labute approximate surface area is 220 Å². The number of rotatable bonds is 12. The van der Waals surface area contributed by atoms with Crippen LogP contribution in [0.2, 0.25) is 0 Å². The molecule has 0 radical (unpaired) electrons. The van der Waals surface area contributed by atoms with Gasteiger partial charge < -0.3 is 21.0 Å². The molecule has 37 heavy (non-hydrogen) atoms. The van der Waals surface area contributed by atoms with Crippen LogP contribution in [0.3, 0.4) is 0 Å². The largest absolute Gasteiger partial charge is 0.381 e. The first-order chi connectivity index (χ1) is 17.9. The summed E-state index contributed by atoms with van der Waals surface area (Å²) in [5.74, 6) is 0.296. The number of nitriles is 1. The summed E-state index contributed by atoms with van der Waals surface area (Å²) < 4.78 is 1.78. The Morgan fingerprint density at radius 1 is 1.22 bits per heavy atom. The Bertz CT molecular complexity index is 1250. The summed E-state index contributed by atoms with van der Waals surface area (Å²) in [6.07, 6.45) is 8.44. The van der Waals surface area contributed by atoms with E-state index in [1.807, 2.05) is 63.5 Å². The molecule has 0 saturated heterocycles. The number of allylic oxidation sites excluding steroid dienone is 2. The molecule has 3 rings (SSSR count). The number of aromatic amines is 1. The molecule has 4 N–H and O–H groups in total. The topological polar surface area (TPSA) is 122 Å². The van der Waals surface area contributed by atoms with Gasteiger partial charge in [0.2, 0.25) is 0 Å².